The third-order valence-corrected chi connectivity index (χ3v) is 6.29. The van der Waals surface area contributed by atoms with Gasteiger partial charge in [-0.2, -0.15) is 0 Å². The van der Waals surface area contributed by atoms with Gasteiger partial charge in [-0.25, -0.2) is 0 Å². The van der Waals surface area contributed by atoms with E-state index in [2.05, 4.69) is 29.7 Å². The predicted molar refractivity (Wildman–Crippen MR) is 128 cm³/mol. The lowest BCUT2D eigenvalue weighted by atomic mass is 10.0. The summed E-state index contributed by atoms with van der Waals surface area (Å²) in [5.41, 5.74) is 5.43. The number of benzene rings is 3. The van der Waals surface area contributed by atoms with Crippen molar-refractivity contribution in [2.75, 3.05) is 6.26 Å². The third kappa shape index (κ3) is 4.15. The summed E-state index contributed by atoms with van der Waals surface area (Å²) in [6.45, 7) is 6.51. The van der Waals surface area contributed by atoms with Gasteiger partial charge in [-0.1, -0.05) is 36.4 Å². The first kappa shape index (κ1) is 21.3. The number of phenols is 1. The maximum Gasteiger partial charge on any atom is 0.310 e. The number of rotatable bonds is 6. The van der Waals surface area contributed by atoms with E-state index in [0.29, 0.717) is 6.54 Å². The average molecular weight is 434 g/mol. The van der Waals surface area contributed by atoms with Crippen LogP contribution in [-0.4, -0.2) is 28.0 Å². The molecule has 0 saturated heterocycles. The normalized spacial score (nSPS) is 11.5. The van der Waals surface area contributed by atoms with E-state index >= 15 is 0 Å². The first-order valence-electron chi connectivity index (χ1n) is 10.4. The minimum absolute atomic E-state index is 0.137. The number of esters is 1. The summed E-state index contributed by atoms with van der Waals surface area (Å²) >= 11 is 1.65. The highest BCUT2D eigenvalue weighted by Gasteiger charge is 2.21. The van der Waals surface area contributed by atoms with E-state index in [1.165, 1.54) is 5.56 Å². The lowest BCUT2D eigenvalue weighted by Crippen LogP contribution is -2.14. The van der Waals surface area contributed by atoms with Crippen LogP contribution in [0.4, 0.5) is 0 Å². The molecule has 0 atom stereocenters. The molecule has 3 aromatic carbocycles. The standard InChI is InChI=1S/C26H27NO3S/c1-16(2)30-23(29)13-19-12-17(3)24-21-14-20(28)10-11-22(21)27(25(24)26(19)31-4)15-18-8-6-5-7-9-18/h5-12,14,16,28H,13,15H2,1-4H3. The highest BCUT2D eigenvalue weighted by molar-refractivity contribution is 7.98. The maximum absolute atomic E-state index is 12.5. The highest BCUT2D eigenvalue weighted by atomic mass is 32.2. The lowest BCUT2D eigenvalue weighted by molar-refractivity contribution is -0.146. The summed E-state index contributed by atoms with van der Waals surface area (Å²) in [6, 6.07) is 18.0. The summed E-state index contributed by atoms with van der Waals surface area (Å²) in [4.78, 5) is 13.5. The summed E-state index contributed by atoms with van der Waals surface area (Å²) < 4.78 is 7.72. The minimum atomic E-state index is -0.215. The van der Waals surface area contributed by atoms with Crippen molar-refractivity contribution in [2.24, 2.45) is 0 Å². The lowest BCUT2D eigenvalue weighted by Gasteiger charge is -2.15. The van der Waals surface area contributed by atoms with Crippen molar-refractivity contribution in [1.29, 1.82) is 0 Å². The Balaban J connectivity index is 1.99. The molecule has 0 radical (unpaired) electrons. The van der Waals surface area contributed by atoms with E-state index in [-0.39, 0.29) is 24.2 Å². The molecule has 4 nitrogen and oxygen atoms in total. The second kappa shape index (κ2) is 8.67. The van der Waals surface area contributed by atoms with Gasteiger partial charge >= 0.3 is 5.97 Å². The Hall–Kier alpha value is -2.92. The third-order valence-electron chi connectivity index (χ3n) is 5.43. The van der Waals surface area contributed by atoms with Gasteiger partial charge in [0.25, 0.3) is 0 Å². The molecule has 160 valence electrons. The number of aromatic nitrogens is 1. The molecule has 1 N–H and O–H groups in total. The van der Waals surface area contributed by atoms with Crippen molar-refractivity contribution >= 4 is 39.5 Å². The predicted octanol–water partition coefficient (Wildman–Crippen LogP) is 6.07. The van der Waals surface area contributed by atoms with Crippen LogP contribution in [0.15, 0.2) is 59.5 Å². The van der Waals surface area contributed by atoms with Gasteiger partial charge in [0, 0.05) is 27.7 Å². The van der Waals surface area contributed by atoms with Gasteiger partial charge in [-0.15, -0.1) is 11.8 Å². The number of hydrogen-bond acceptors (Lipinski definition) is 4. The molecular weight excluding hydrogens is 406 g/mol. The highest BCUT2D eigenvalue weighted by Crippen LogP contribution is 2.40. The minimum Gasteiger partial charge on any atom is -0.508 e. The SMILES string of the molecule is CSc1c(CC(=O)OC(C)C)cc(C)c2c3cc(O)ccc3n(Cc3ccccc3)c12. The molecule has 4 rings (SSSR count). The Morgan fingerprint density at radius 2 is 1.87 bits per heavy atom. The number of fused-ring (bicyclic) bond motifs is 3. The molecule has 5 heteroatoms. The smallest absolute Gasteiger partial charge is 0.310 e. The first-order chi connectivity index (χ1) is 14.9. The zero-order chi connectivity index (χ0) is 22.1. The van der Waals surface area contributed by atoms with Crippen LogP contribution in [0.25, 0.3) is 21.8 Å². The zero-order valence-electron chi connectivity index (χ0n) is 18.3. The Labute approximate surface area is 186 Å². The van der Waals surface area contributed by atoms with Gasteiger partial charge in [-0.05, 0) is 61.9 Å². The van der Waals surface area contributed by atoms with E-state index < -0.39 is 0 Å². The zero-order valence-corrected chi connectivity index (χ0v) is 19.1. The molecule has 0 aliphatic rings. The van der Waals surface area contributed by atoms with Crippen LogP contribution in [0, 0.1) is 6.92 Å². The second-order valence-electron chi connectivity index (χ2n) is 8.10. The van der Waals surface area contributed by atoms with Gasteiger partial charge in [0.1, 0.15) is 5.75 Å². The Morgan fingerprint density at radius 3 is 2.55 bits per heavy atom. The fourth-order valence-electron chi connectivity index (χ4n) is 4.28. The molecule has 1 heterocycles. The van der Waals surface area contributed by atoms with Crippen LogP contribution >= 0.6 is 11.8 Å². The number of carbonyl (C=O) groups is 1. The molecule has 0 aliphatic heterocycles. The number of hydrogen-bond donors (Lipinski definition) is 1. The first-order valence-corrected chi connectivity index (χ1v) is 11.7. The van der Waals surface area contributed by atoms with Crippen LogP contribution in [-0.2, 0) is 22.5 Å². The molecule has 0 saturated carbocycles. The van der Waals surface area contributed by atoms with E-state index in [9.17, 15) is 9.90 Å². The number of aromatic hydroxyl groups is 1. The van der Waals surface area contributed by atoms with Gasteiger partial charge in [0.15, 0.2) is 0 Å². The van der Waals surface area contributed by atoms with Gasteiger partial charge in [0.05, 0.1) is 18.0 Å². The number of aryl methyl sites for hydroxylation is 1. The van der Waals surface area contributed by atoms with Gasteiger partial charge in [0.2, 0.25) is 0 Å². The molecule has 0 unspecified atom stereocenters. The van der Waals surface area contributed by atoms with E-state index in [0.717, 1.165) is 37.8 Å². The number of nitrogens with zero attached hydrogens (tertiary/aromatic N) is 1. The number of thioether (sulfide) groups is 1. The molecule has 31 heavy (non-hydrogen) atoms. The number of phenolic OH excluding ortho intramolecular Hbond substituents is 1. The van der Waals surface area contributed by atoms with Gasteiger partial charge < -0.3 is 14.4 Å². The summed E-state index contributed by atoms with van der Waals surface area (Å²) in [7, 11) is 0. The van der Waals surface area contributed by atoms with Crippen molar-refractivity contribution in [2.45, 2.75) is 44.7 Å². The molecule has 0 bridgehead atoms. The average Bonchev–Trinajstić information content (AvgIpc) is 3.02. The largest absolute Gasteiger partial charge is 0.508 e. The van der Waals surface area contributed by atoms with Crippen molar-refractivity contribution < 1.29 is 14.6 Å². The number of ether oxygens (including phenoxy) is 1. The monoisotopic (exact) mass is 433 g/mol. The molecule has 0 amide bonds. The molecule has 4 aromatic rings. The van der Waals surface area contributed by atoms with E-state index in [1.54, 1.807) is 17.8 Å². The molecular formula is C26H27NO3S. The second-order valence-corrected chi connectivity index (χ2v) is 8.91. The van der Waals surface area contributed by atoms with Crippen molar-refractivity contribution in [3.8, 4) is 5.75 Å². The molecule has 0 spiro atoms. The van der Waals surface area contributed by atoms with Crippen LogP contribution in [0.5, 0.6) is 5.75 Å². The maximum atomic E-state index is 12.5. The summed E-state index contributed by atoms with van der Waals surface area (Å²) in [6.07, 6.45) is 2.15. The fourth-order valence-corrected chi connectivity index (χ4v) is 5.08. The molecule has 1 aromatic heterocycles. The quantitative estimate of drug-likeness (QED) is 0.296. The van der Waals surface area contributed by atoms with Crippen LogP contribution in [0.3, 0.4) is 0 Å². The van der Waals surface area contributed by atoms with Crippen molar-refractivity contribution in [1.82, 2.24) is 4.57 Å². The molecule has 0 fully saturated rings. The van der Waals surface area contributed by atoms with Crippen LogP contribution < -0.4 is 0 Å². The number of carbonyl (C=O) groups excluding carboxylic acids is 1. The van der Waals surface area contributed by atoms with Crippen LogP contribution in [0.2, 0.25) is 0 Å². The van der Waals surface area contributed by atoms with Crippen LogP contribution in [0.1, 0.15) is 30.5 Å². The molecule has 0 aliphatic carbocycles. The Bertz CT molecular complexity index is 1260. The van der Waals surface area contributed by atoms with Crippen molar-refractivity contribution in [3.63, 3.8) is 0 Å². The van der Waals surface area contributed by atoms with Crippen molar-refractivity contribution in [3.05, 3.63) is 71.3 Å². The van der Waals surface area contributed by atoms with E-state index in [4.69, 9.17) is 4.74 Å². The Morgan fingerprint density at radius 1 is 1.13 bits per heavy atom. The fraction of sp³-hybridized carbons (Fsp3) is 0.269. The summed E-state index contributed by atoms with van der Waals surface area (Å²) in [5.74, 6) is 0.0355. The summed E-state index contributed by atoms with van der Waals surface area (Å²) in [5, 5.41) is 12.3. The van der Waals surface area contributed by atoms with Gasteiger partial charge in [-0.3, -0.25) is 4.79 Å². The Kier molecular flexibility index (Phi) is 5.96. The van der Waals surface area contributed by atoms with E-state index in [1.807, 2.05) is 50.4 Å². The topological polar surface area (TPSA) is 51.5 Å².